The van der Waals surface area contributed by atoms with Crippen LogP contribution in [0.15, 0.2) is 42.5 Å². The van der Waals surface area contributed by atoms with Crippen LogP contribution in [-0.4, -0.2) is 76.4 Å². The van der Waals surface area contributed by atoms with Gasteiger partial charge in [-0.05, 0) is 49.6 Å². The topological polar surface area (TPSA) is 68.4 Å². The zero-order valence-electron chi connectivity index (χ0n) is 17.4. The smallest absolute Gasteiger partial charge is 0.253 e. The molecule has 30 heavy (non-hydrogen) atoms. The molecule has 3 aromatic rings. The van der Waals surface area contributed by atoms with Crippen molar-refractivity contribution in [2.24, 2.45) is 0 Å². The lowest BCUT2D eigenvalue weighted by molar-refractivity contribution is 0.0563. The number of benzene rings is 2. The third kappa shape index (κ3) is 3.65. The zero-order valence-corrected chi connectivity index (χ0v) is 17.4. The maximum atomic E-state index is 13.1. The van der Waals surface area contributed by atoms with E-state index in [1.54, 1.807) is 0 Å². The molecule has 2 saturated heterocycles. The van der Waals surface area contributed by atoms with E-state index in [1.165, 1.54) is 11.3 Å². The van der Waals surface area contributed by atoms with Gasteiger partial charge in [0.2, 0.25) is 0 Å². The first-order valence-electron chi connectivity index (χ1n) is 10.8. The summed E-state index contributed by atoms with van der Waals surface area (Å²) in [6.07, 6.45) is 2.22. The summed E-state index contributed by atoms with van der Waals surface area (Å²) >= 11 is 0. The average Bonchev–Trinajstić information content (AvgIpc) is 3.27. The maximum Gasteiger partial charge on any atom is 0.253 e. The SMILES string of the molecule is Cc1ccccc1N1CCN(C2CCCN(C(=O)c3ccc4n[nH]nc4c3)C2)CC1. The Morgan fingerprint density at radius 3 is 2.63 bits per heavy atom. The molecule has 0 saturated carbocycles. The highest BCUT2D eigenvalue weighted by Crippen LogP contribution is 2.24. The van der Waals surface area contributed by atoms with Gasteiger partial charge in [0.05, 0.1) is 0 Å². The number of anilines is 1. The summed E-state index contributed by atoms with van der Waals surface area (Å²) in [6, 6.07) is 14.6. The van der Waals surface area contributed by atoms with Crippen LogP contribution in [0.1, 0.15) is 28.8 Å². The molecule has 3 heterocycles. The summed E-state index contributed by atoms with van der Waals surface area (Å²) in [5, 5.41) is 10.8. The fourth-order valence-corrected chi connectivity index (χ4v) is 4.84. The van der Waals surface area contributed by atoms with Gasteiger partial charge in [-0.15, -0.1) is 0 Å². The normalized spacial score (nSPS) is 20.6. The minimum absolute atomic E-state index is 0.100. The lowest BCUT2D eigenvalue weighted by atomic mass is 10.0. The number of rotatable bonds is 3. The molecule has 156 valence electrons. The number of piperazine rings is 1. The molecule has 0 spiro atoms. The molecule has 7 nitrogen and oxygen atoms in total. The summed E-state index contributed by atoms with van der Waals surface area (Å²) in [5.74, 6) is 0.100. The first-order valence-corrected chi connectivity index (χ1v) is 10.8. The van der Waals surface area contributed by atoms with Crippen molar-refractivity contribution < 1.29 is 4.79 Å². The van der Waals surface area contributed by atoms with Crippen molar-refractivity contribution in [3.05, 3.63) is 53.6 Å². The molecule has 2 aromatic carbocycles. The predicted molar refractivity (Wildman–Crippen MR) is 118 cm³/mol. The van der Waals surface area contributed by atoms with E-state index in [0.717, 1.165) is 63.1 Å². The summed E-state index contributed by atoms with van der Waals surface area (Å²) in [5.41, 5.74) is 4.91. The number of aryl methyl sites for hydroxylation is 1. The minimum atomic E-state index is 0.100. The van der Waals surface area contributed by atoms with Gasteiger partial charge in [0, 0.05) is 56.6 Å². The van der Waals surface area contributed by atoms with Crippen LogP contribution >= 0.6 is 0 Å². The van der Waals surface area contributed by atoms with Gasteiger partial charge in [0.1, 0.15) is 11.0 Å². The zero-order chi connectivity index (χ0) is 20.5. The Kier molecular flexibility index (Phi) is 5.12. The molecule has 2 fully saturated rings. The Bertz CT molecular complexity index is 1040. The van der Waals surface area contributed by atoms with Gasteiger partial charge in [-0.25, -0.2) is 0 Å². The second-order valence-electron chi connectivity index (χ2n) is 8.38. The predicted octanol–water partition coefficient (Wildman–Crippen LogP) is 2.69. The Labute approximate surface area is 176 Å². The van der Waals surface area contributed by atoms with Crippen molar-refractivity contribution in [2.45, 2.75) is 25.8 Å². The molecule has 0 radical (unpaired) electrons. The number of hydrogen-bond acceptors (Lipinski definition) is 5. The molecular formula is C23H28N6O. The van der Waals surface area contributed by atoms with Gasteiger partial charge >= 0.3 is 0 Å². The van der Waals surface area contributed by atoms with Gasteiger partial charge in [-0.3, -0.25) is 9.69 Å². The highest BCUT2D eigenvalue weighted by atomic mass is 16.2. The lowest BCUT2D eigenvalue weighted by Crippen LogP contribution is -2.56. The highest BCUT2D eigenvalue weighted by molar-refractivity contribution is 5.97. The standard InChI is InChI=1S/C23H28N6O/c1-17-5-2-3-7-22(17)28-13-11-27(12-14-28)19-6-4-10-29(16-19)23(30)18-8-9-20-21(15-18)25-26-24-20/h2-3,5,7-9,15,19H,4,6,10-14,16H2,1H3,(H,24,25,26). The van der Waals surface area contributed by atoms with Gasteiger partial charge < -0.3 is 9.80 Å². The molecule has 1 aromatic heterocycles. The molecular weight excluding hydrogens is 376 g/mol. The number of aromatic nitrogens is 3. The van der Waals surface area contributed by atoms with Gasteiger partial charge in [0.25, 0.3) is 5.91 Å². The van der Waals surface area contributed by atoms with Gasteiger partial charge in [-0.1, -0.05) is 18.2 Å². The molecule has 1 amide bonds. The Morgan fingerprint density at radius 1 is 1.00 bits per heavy atom. The monoisotopic (exact) mass is 404 g/mol. The van der Waals surface area contributed by atoms with E-state index in [9.17, 15) is 4.79 Å². The van der Waals surface area contributed by atoms with E-state index in [-0.39, 0.29) is 5.91 Å². The van der Waals surface area contributed by atoms with Crippen molar-refractivity contribution in [3.8, 4) is 0 Å². The number of likely N-dealkylation sites (tertiary alicyclic amines) is 1. The van der Waals surface area contributed by atoms with Crippen LogP contribution < -0.4 is 4.90 Å². The van der Waals surface area contributed by atoms with Crippen molar-refractivity contribution in [2.75, 3.05) is 44.2 Å². The van der Waals surface area contributed by atoms with Crippen LogP contribution in [0.4, 0.5) is 5.69 Å². The number of hydrogen-bond donors (Lipinski definition) is 1. The summed E-state index contributed by atoms with van der Waals surface area (Å²) in [6.45, 7) is 7.99. The number of nitrogens with zero attached hydrogens (tertiary/aromatic N) is 5. The van der Waals surface area contributed by atoms with E-state index >= 15 is 0 Å². The number of fused-ring (bicyclic) bond motifs is 1. The fraction of sp³-hybridized carbons (Fsp3) is 0.435. The van der Waals surface area contributed by atoms with Crippen molar-refractivity contribution in [3.63, 3.8) is 0 Å². The summed E-state index contributed by atoms with van der Waals surface area (Å²) < 4.78 is 0. The number of H-pyrrole nitrogens is 1. The molecule has 2 aliphatic heterocycles. The first kappa shape index (κ1) is 19.1. The highest BCUT2D eigenvalue weighted by Gasteiger charge is 2.30. The second-order valence-corrected chi connectivity index (χ2v) is 8.38. The van der Waals surface area contributed by atoms with E-state index in [0.29, 0.717) is 11.6 Å². The number of amides is 1. The van der Waals surface area contributed by atoms with E-state index < -0.39 is 0 Å². The number of aromatic amines is 1. The van der Waals surface area contributed by atoms with Gasteiger partial charge in [0.15, 0.2) is 0 Å². The third-order valence-corrected chi connectivity index (χ3v) is 6.53. The largest absolute Gasteiger partial charge is 0.369 e. The third-order valence-electron chi connectivity index (χ3n) is 6.53. The van der Waals surface area contributed by atoms with E-state index in [2.05, 4.69) is 56.4 Å². The fourth-order valence-electron chi connectivity index (χ4n) is 4.84. The molecule has 1 N–H and O–H groups in total. The summed E-state index contributed by atoms with van der Waals surface area (Å²) in [4.78, 5) is 20.2. The number of para-hydroxylation sites is 1. The van der Waals surface area contributed by atoms with E-state index in [4.69, 9.17) is 0 Å². The molecule has 0 bridgehead atoms. The Balaban J connectivity index is 1.22. The molecule has 1 unspecified atom stereocenters. The van der Waals surface area contributed by atoms with Crippen LogP contribution in [0.5, 0.6) is 0 Å². The second kappa shape index (κ2) is 8.07. The average molecular weight is 405 g/mol. The lowest BCUT2D eigenvalue weighted by Gasteiger charge is -2.44. The first-order chi connectivity index (χ1) is 14.7. The molecule has 7 heteroatoms. The minimum Gasteiger partial charge on any atom is -0.369 e. The van der Waals surface area contributed by atoms with Crippen LogP contribution in [-0.2, 0) is 0 Å². The quantitative estimate of drug-likeness (QED) is 0.727. The van der Waals surface area contributed by atoms with Crippen LogP contribution in [0.25, 0.3) is 11.0 Å². The number of carbonyl (C=O) groups is 1. The molecule has 5 rings (SSSR count). The maximum absolute atomic E-state index is 13.1. The van der Waals surface area contributed by atoms with Crippen LogP contribution in [0, 0.1) is 6.92 Å². The van der Waals surface area contributed by atoms with Crippen molar-refractivity contribution >= 4 is 22.6 Å². The Morgan fingerprint density at radius 2 is 1.80 bits per heavy atom. The van der Waals surface area contributed by atoms with Gasteiger partial charge in [-0.2, -0.15) is 15.4 Å². The van der Waals surface area contributed by atoms with Crippen LogP contribution in [0.3, 0.4) is 0 Å². The molecule has 2 aliphatic rings. The number of carbonyl (C=O) groups excluding carboxylic acids is 1. The number of nitrogens with one attached hydrogen (secondary N) is 1. The number of piperidine rings is 1. The van der Waals surface area contributed by atoms with E-state index in [1.807, 2.05) is 23.1 Å². The van der Waals surface area contributed by atoms with Crippen molar-refractivity contribution in [1.29, 1.82) is 0 Å². The van der Waals surface area contributed by atoms with Crippen LogP contribution in [0.2, 0.25) is 0 Å². The summed E-state index contributed by atoms with van der Waals surface area (Å²) in [7, 11) is 0. The molecule has 1 atom stereocenters. The van der Waals surface area contributed by atoms with Crippen molar-refractivity contribution in [1.82, 2.24) is 25.2 Å². The Hall–Kier alpha value is -2.93. The molecule has 0 aliphatic carbocycles.